The normalized spacial score (nSPS) is 20.1. The van der Waals surface area contributed by atoms with Crippen molar-refractivity contribution in [3.63, 3.8) is 0 Å². The third kappa shape index (κ3) is 3.77. The summed E-state index contributed by atoms with van der Waals surface area (Å²) in [4.78, 5) is 26.0. The molecule has 0 aromatic carbocycles. The van der Waals surface area contributed by atoms with Crippen LogP contribution in [0.5, 0.6) is 0 Å². The first-order chi connectivity index (χ1) is 9.79. The van der Waals surface area contributed by atoms with Crippen LogP contribution in [0, 0.1) is 5.92 Å². The van der Waals surface area contributed by atoms with E-state index in [4.69, 9.17) is 5.11 Å². The lowest BCUT2D eigenvalue weighted by molar-refractivity contribution is -0.142. The van der Waals surface area contributed by atoms with Crippen LogP contribution in [0.4, 0.5) is 5.13 Å². The molecule has 1 fully saturated rings. The number of rotatable bonds is 5. The van der Waals surface area contributed by atoms with Crippen LogP contribution in [0.15, 0.2) is 5.38 Å². The Labute approximate surface area is 126 Å². The molecule has 2 heterocycles. The largest absolute Gasteiger partial charge is 0.481 e. The van der Waals surface area contributed by atoms with Crippen molar-refractivity contribution in [3.8, 4) is 0 Å². The Morgan fingerprint density at radius 3 is 2.81 bits per heavy atom. The number of carbonyl (C=O) groups excluding carboxylic acids is 1. The van der Waals surface area contributed by atoms with Gasteiger partial charge in [0.15, 0.2) is 10.9 Å². The SMILES string of the molecule is CC(=O)c1csc(NS(=O)(=O)N2CCCC(C(=O)O)C2)n1. The highest BCUT2D eigenvalue weighted by Crippen LogP contribution is 2.22. The van der Waals surface area contributed by atoms with Crippen molar-refractivity contribution in [2.24, 2.45) is 5.92 Å². The van der Waals surface area contributed by atoms with Gasteiger partial charge in [-0.1, -0.05) is 0 Å². The minimum Gasteiger partial charge on any atom is -0.481 e. The molecule has 21 heavy (non-hydrogen) atoms. The Balaban J connectivity index is 2.10. The molecule has 0 aliphatic carbocycles. The summed E-state index contributed by atoms with van der Waals surface area (Å²) in [6.45, 7) is 1.55. The Hall–Kier alpha value is -1.52. The van der Waals surface area contributed by atoms with Gasteiger partial charge in [0.25, 0.3) is 0 Å². The fourth-order valence-electron chi connectivity index (χ4n) is 2.02. The molecule has 8 nitrogen and oxygen atoms in total. The van der Waals surface area contributed by atoms with E-state index < -0.39 is 22.1 Å². The summed E-state index contributed by atoms with van der Waals surface area (Å²) in [5, 5.41) is 10.5. The molecule has 0 radical (unpaired) electrons. The number of carboxylic acid groups (broad SMARTS) is 1. The summed E-state index contributed by atoms with van der Waals surface area (Å²) in [5.74, 6) is -1.94. The number of carbonyl (C=O) groups is 2. The molecule has 1 unspecified atom stereocenters. The van der Waals surface area contributed by atoms with Crippen LogP contribution in [-0.4, -0.2) is 47.7 Å². The van der Waals surface area contributed by atoms with Gasteiger partial charge in [-0.2, -0.15) is 12.7 Å². The van der Waals surface area contributed by atoms with Gasteiger partial charge >= 0.3 is 16.2 Å². The van der Waals surface area contributed by atoms with Crippen molar-refractivity contribution >= 4 is 38.4 Å². The monoisotopic (exact) mass is 333 g/mol. The Bertz CT molecular complexity index is 655. The van der Waals surface area contributed by atoms with Gasteiger partial charge in [0.2, 0.25) is 0 Å². The molecule has 1 aliphatic rings. The fourth-order valence-corrected chi connectivity index (χ4v) is 4.26. The first kappa shape index (κ1) is 15.9. The highest BCUT2D eigenvalue weighted by atomic mass is 32.2. The van der Waals surface area contributed by atoms with Crippen molar-refractivity contribution in [1.29, 1.82) is 0 Å². The van der Waals surface area contributed by atoms with Crippen molar-refractivity contribution < 1.29 is 23.1 Å². The van der Waals surface area contributed by atoms with E-state index in [9.17, 15) is 18.0 Å². The van der Waals surface area contributed by atoms with E-state index in [-0.39, 0.29) is 29.7 Å². The number of aromatic nitrogens is 1. The molecule has 1 atom stereocenters. The molecule has 0 bridgehead atoms. The molecule has 0 saturated carbocycles. The molecule has 0 amide bonds. The van der Waals surface area contributed by atoms with Crippen LogP contribution >= 0.6 is 11.3 Å². The molecule has 0 spiro atoms. The van der Waals surface area contributed by atoms with Crippen LogP contribution in [0.1, 0.15) is 30.3 Å². The summed E-state index contributed by atoms with van der Waals surface area (Å²) in [6, 6.07) is 0. The minimum atomic E-state index is -3.86. The van der Waals surface area contributed by atoms with Crippen molar-refractivity contribution in [2.75, 3.05) is 17.8 Å². The zero-order chi connectivity index (χ0) is 15.6. The summed E-state index contributed by atoms with van der Waals surface area (Å²) in [6.07, 6.45) is 0.960. The highest BCUT2D eigenvalue weighted by Gasteiger charge is 2.32. The predicted molar refractivity (Wildman–Crippen MR) is 76.6 cm³/mol. The van der Waals surface area contributed by atoms with Gasteiger partial charge in [0.05, 0.1) is 5.92 Å². The van der Waals surface area contributed by atoms with Gasteiger partial charge < -0.3 is 5.11 Å². The molecule has 2 rings (SSSR count). The number of Topliss-reactive ketones (excluding diaryl/α,β-unsaturated/α-hetero) is 1. The third-order valence-corrected chi connectivity index (χ3v) is 5.50. The minimum absolute atomic E-state index is 0.0599. The van der Waals surface area contributed by atoms with Gasteiger partial charge in [0.1, 0.15) is 5.69 Å². The maximum atomic E-state index is 12.2. The second-order valence-corrected chi connectivity index (χ2v) is 7.27. The number of thiazole rings is 1. The fraction of sp³-hybridized carbons (Fsp3) is 0.545. The average Bonchev–Trinajstić information content (AvgIpc) is 2.87. The van der Waals surface area contributed by atoms with E-state index in [2.05, 4.69) is 9.71 Å². The summed E-state index contributed by atoms with van der Waals surface area (Å²) < 4.78 is 27.8. The first-order valence-corrected chi connectivity index (χ1v) is 8.58. The zero-order valence-corrected chi connectivity index (χ0v) is 12.9. The van der Waals surface area contributed by atoms with Crippen LogP contribution in [0.3, 0.4) is 0 Å². The Morgan fingerprint density at radius 1 is 1.52 bits per heavy atom. The van der Waals surface area contributed by atoms with Gasteiger partial charge in [-0.05, 0) is 12.8 Å². The molecule has 1 saturated heterocycles. The standard InChI is InChI=1S/C11H15N3O5S2/c1-7(15)9-6-20-11(12-9)13-21(18,19)14-4-2-3-8(5-14)10(16)17/h6,8H,2-5H2,1H3,(H,12,13)(H,16,17). The molecule has 1 aliphatic heterocycles. The number of nitrogens with one attached hydrogen (secondary N) is 1. The summed E-state index contributed by atoms with van der Waals surface area (Å²) >= 11 is 1.01. The van der Waals surface area contributed by atoms with E-state index in [1.807, 2.05) is 0 Å². The number of anilines is 1. The predicted octanol–water partition coefficient (Wildman–Crippen LogP) is 0.799. The quantitative estimate of drug-likeness (QED) is 0.770. The van der Waals surface area contributed by atoms with Crippen LogP contribution in [-0.2, 0) is 15.0 Å². The molecule has 1 aromatic rings. The van der Waals surface area contributed by atoms with Gasteiger partial charge in [-0.15, -0.1) is 11.3 Å². The van der Waals surface area contributed by atoms with Gasteiger partial charge in [-0.3, -0.25) is 9.59 Å². The lowest BCUT2D eigenvalue weighted by atomic mass is 10.0. The van der Waals surface area contributed by atoms with Crippen molar-refractivity contribution in [1.82, 2.24) is 9.29 Å². The van der Waals surface area contributed by atoms with Crippen LogP contribution < -0.4 is 4.72 Å². The third-order valence-electron chi connectivity index (χ3n) is 3.15. The number of nitrogens with zero attached hydrogens (tertiary/aromatic N) is 2. The summed E-state index contributed by atoms with van der Waals surface area (Å²) in [7, 11) is -3.86. The number of hydrogen-bond donors (Lipinski definition) is 2. The van der Waals surface area contributed by atoms with E-state index >= 15 is 0 Å². The van der Waals surface area contributed by atoms with E-state index in [0.29, 0.717) is 12.8 Å². The maximum Gasteiger partial charge on any atom is 0.307 e. The van der Waals surface area contributed by atoms with E-state index in [0.717, 1.165) is 15.6 Å². The van der Waals surface area contributed by atoms with Crippen LogP contribution in [0.25, 0.3) is 0 Å². The molecule has 116 valence electrons. The Morgan fingerprint density at radius 2 is 2.24 bits per heavy atom. The first-order valence-electron chi connectivity index (χ1n) is 6.27. The number of aliphatic carboxylic acids is 1. The lowest BCUT2D eigenvalue weighted by Crippen LogP contribution is -2.44. The van der Waals surface area contributed by atoms with Crippen molar-refractivity contribution in [2.45, 2.75) is 19.8 Å². The topological polar surface area (TPSA) is 117 Å². The second-order valence-electron chi connectivity index (χ2n) is 4.74. The average molecular weight is 333 g/mol. The van der Waals surface area contributed by atoms with E-state index in [1.54, 1.807) is 0 Å². The number of ketones is 1. The molecular weight excluding hydrogens is 318 g/mol. The second kappa shape index (κ2) is 6.08. The number of piperidine rings is 1. The van der Waals surface area contributed by atoms with Gasteiger partial charge in [0, 0.05) is 25.4 Å². The molecule has 1 aromatic heterocycles. The van der Waals surface area contributed by atoms with Crippen molar-refractivity contribution in [3.05, 3.63) is 11.1 Å². The number of carboxylic acids is 1. The maximum absolute atomic E-state index is 12.2. The molecule has 2 N–H and O–H groups in total. The lowest BCUT2D eigenvalue weighted by Gasteiger charge is -2.29. The summed E-state index contributed by atoms with van der Waals surface area (Å²) in [5.41, 5.74) is 0.194. The highest BCUT2D eigenvalue weighted by molar-refractivity contribution is 7.90. The molecule has 10 heteroatoms. The smallest absolute Gasteiger partial charge is 0.307 e. The molecular formula is C11H15N3O5S2. The number of hydrogen-bond acceptors (Lipinski definition) is 6. The van der Waals surface area contributed by atoms with Gasteiger partial charge in [-0.25, -0.2) is 9.71 Å². The Kier molecular flexibility index (Phi) is 4.59. The zero-order valence-electron chi connectivity index (χ0n) is 11.3. The van der Waals surface area contributed by atoms with E-state index in [1.165, 1.54) is 12.3 Å². The van der Waals surface area contributed by atoms with Crippen LogP contribution in [0.2, 0.25) is 0 Å².